The maximum absolute atomic E-state index is 12.1. The largest absolute Gasteiger partial charge is 0.461 e. The van der Waals surface area contributed by atoms with Gasteiger partial charge >= 0.3 is 11.7 Å². The van der Waals surface area contributed by atoms with Gasteiger partial charge in [0.25, 0.3) is 0 Å². The van der Waals surface area contributed by atoms with Crippen molar-refractivity contribution in [3.8, 4) is 0 Å². The molecule has 0 amide bonds. The Bertz CT molecular complexity index is 806. The maximum atomic E-state index is 12.1. The molecule has 0 unspecified atom stereocenters. The number of ether oxygens (including phenoxy) is 2. The smallest absolute Gasteiger partial charge is 0.351 e. The van der Waals surface area contributed by atoms with E-state index in [0.29, 0.717) is 0 Å². The van der Waals surface area contributed by atoms with E-state index in [2.05, 4.69) is 15.0 Å². The molecule has 0 radical (unpaired) electrons. The van der Waals surface area contributed by atoms with E-state index in [1.165, 1.54) is 12.3 Å². The van der Waals surface area contributed by atoms with Crippen LogP contribution >= 0.6 is 0 Å². The Morgan fingerprint density at radius 2 is 2.30 bits per heavy atom. The molecule has 0 aromatic carbocycles. The zero-order valence-corrected chi connectivity index (χ0v) is 15.2. The number of aliphatic hydroxyl groups excluding tert-OH is 1. The van der Waals surface area contributed by atoms with Crippen LogP contribution in [0.5, 0.6) is 0 Å². The fourth-order valence-corrected chi connectivity index (χ4v) is 2.73. The monoisotopic (exact) mass is 381 g/mol. The summed E-state index contributed by atoms with van der Waals surface area (Å²) in [6.45, 7) is 4.52. The van der Waals surface area contributed by atoms with Gasteiger partial charge < -0.3 is 26.0 Å². The summed E-state index contributed by atoms with van der Waals surface area (Å²) in [4.78, 5) is 30.4. The van der Waals surface area contributed by atoms with Crippen molar-refractivity contribution in [2.45, 2.75) is 44.9 Å². The number of rotatable bonds is 6. The summed E-state index contributed by atoms with van der Waals surface area (Å²) >= 11 is 0. The molecule has 1 aromatic rings. The molecule has 0 bridgehead atoms. The van der Waals surface area contributed by atoms with Crippen molar-refractivity contribution in [2.75, 3.05) is 12.3 Å². The molecule has 5 atom stereocenters. The molecule has 12 nitrogen and oxygen atoms in total. The second-order valence-electron chi connectivity index (χ2n) is 6.77. The highest BCUT2D eigenvalue weighted by atomic mass is 16.6. The standard InChI is InChI=1S/C15H23N7O5/c1-7(2)10(17)13(24)26-6-15(20-21-18)11(23)8(3)12(27-15)22-5-4-9(16)19-14(22)25/h4-5,7-8,10-12,23H,6,17H2,1-3H3,(H2,16,19,25)/t8-,10+,11-,12+,15+/m0/s1. The lowest BCUT2D eigenvalue weighted by Crippen LogP contribution is -2.46. The van der Waals surface area contributed by atoms with Crippen LogP contribution in [0.4, 0.5) is 5.82 Å². The van der Waals surface area contributed by atoms with Crippen molar-refractivity contribution in [3.63, 3.8) is 0 Å². The first-order valence-electron chi connectivity index (χ1n) is 8.32. The van der Waals surface area contributed by atoms with Crippen molar-refractivity contribution in [1.82, 2.24) is 9.55 Å². The van der Waals surface area contributed by atoms with Crippen molar-refractivity contribution < 1.29 is 19.4 Å². The normalized spacial score (nSPS) is 28.6. The van der Waals surface area contributed by atoms with Gasteiger partial charge in [-0.25, -0.2) is 4.79 Å². The Balaban J connectivity index is 2.30. The van der Waals surface area contributed by atoms with Crippen molar-refractivity contribution in [3.05, 3.63) is 33.2 Å². The third-order valence-corrected chi connectivity index (χ3v) is 4.49. The van der Waals surface area contributed by atoms with Gasteiger partial charge in [-0.15, -0.1) is 0 Å². The van der Waals surface area contributed by atoms with Crippen LogP contribution in [0.25, 0.3) is 10.4 Å². The Kier molecular flexibility index (Phi) is 6.06. The molecule has 148 valence electrons. The average Bonchev–Trinajstić information content (AvgIpc) is 2.85. The Labute approximate surface area is 154 Å². The minimum Gasteiger partial charge on any atom is -0.461 e. The van der Waals surface area contributed by atoms with Crippen LogP contribution in [0.2, 0.25) is 0 Å². The SMILES string of the molecule is CC(C)[C@@H](N)C(=O)OC[C@@]1(N=[N+]=[N-])O[C@@H](n2ccc(N)nc2=O)[C@@H](C)[C@@H]1O. The molecule has 0 aliphatic carbocycles. The highest BCUT2D eigenvalue weighted by Crippen LogP contribution is 2.42. The molecule has 0 spiro atoms. The van der Waals surface area contributed by atoms with Crippen molar-refractivity contribution in [1.29, 1.82) is 0 Å². The molecule has 1 aromatic heterocycles. The Hall–Kier alpha value is -2.66. The fourth-order valence-electron chi connectivity index (χ4n) is 2.73. The number of hydrogen-bond donors (Lipinski definition) is 3. The van der Waals surface area contributed by atoms with Crippen LogP contribution in [0.1, 0.15) is 27.0 Å². The lowest BCUT2D eigenvalue weighted by Gasteiger charge is -2.27. The lowest BCUT2D eigenvalue weighted by atomic mass is 9.98. The highest BCUT2D eigenvalue weighted by molar-refractivity contribution is 5.75. The van der Waals surface area contributed by atoms with Crippen LogP contribution in [0.3, 0.4) is 0 Å². The van der Waals surface area contributed by atoms with Gasteiger partial charge in [-0.2, -0.15) is 4.98 Å². The van der Waals surface area contributed by atoms with Gasteiger partial charge in [0.05, 0.1) is 6.10 Å². The third-order valence-electron chi connectivity index (χ3n) is 4.49. The quantitative estimate of drug-likeness (QED) is 0.263. The summed E-state index contributed by atoms with van der Waals surface area (Å²) in [6.07, 6.45) is -1.01. The molecule has 1 aliphatic rings. The number of nitrogens with zero attached hydrogens (tertiary/aromatic N) is 5. The van der Waals surface area contributed by atoms with E-state index >= 15 is 0 Å². The van der Waals surface area contributed by atoms with E-state index in [1.54, 1.807) is 20.8 Å². The van der Waals surface area contributed by atoms with E-state index in [9.17, 15) is 14.7 Å². The molecule has 27 heavy (non-hydrogen) atoms. The van der Waals surface area contributed by atoms with Gasteiger partial charge in [0.2, 0.25) is 5.72 Å². The van der Waals surface area contributed by atoms with Gasteiger partial charge in [0, 0.05) is 17.0 Å². The van der Waals surface area contributed by atoms with Gasteiger partial charge in [-0.3, -0.25) is 9.36 Å². The number of esters is 1. The zero-order valence-electron chi connectivity index (χ0n) is 15.2. The topological polar surface area (TPSA) is 191 Å². The molecular formula is C15H23N7O5. The van der Waals surface area contributed by atoms with Crippen LogP contribution in [-0.2, 0) is 14.3 Å². The van der Waals surface area contributed by atoms with Crippen molar-refractivity contribution >= 4 is 11.8 Å². The van der Waals surface area contributed by atoms with Gasteiger partial charge in [0.15, 0.2) is 0 Å². The van der Waals surface area contributed by atoms with Gasteiger partial charge in [-0.1, -0.05) is 25.9 Å². The number of nitrogen functional groups attached to an aromatic ring is 1. The van der Waals surface area contributed by atoms with E-state index in [1.807, 2.05) is 0 Å². The number of carbonyl (C=O) groups excluding carboxylic acids is 1. The summed E-state index contributed by atoms with van der Waals surface area (Å²) in [5.41, 5.74) is 17.5. The van der Waals surface area contributed by atoms with E-state index in [-0.39, 0.29) is 11.7 Å². The Morgan fingerprint density at radius 1 is 1.63 bits per heavy atom. The second kappa shape index (κ2) is 7.92. The molecule has 2 heterocycles. The zero-order chi connectivity index (χ0) is 20.4. The summed E-state index contributed by atoms with van der Waals surface area (Å²) < 4.78 is 11.9. The van der Waals surface area contributed by atoms with Crippen LogP contribution in [0.15, 0.2) is 22.2 Å². The summed E-state index contributed by atoms with van der Waals surface area (Å²) in [6, 6.07) is 0.503. The first-order valence-corrected chi connectivity index (χ1v) is 8.32. The molecule has 0 saturated carbocycles. The van der Waals surface area contributed by atoms with E-state index in [0.717, 1.165) is 4.57 Å². The second-order valence-corrected chi connectivity index (χ2v) is 6.77. The molecular weight excluding hydrogens is 358 g/mol. The first-order chi connectivity index (χ1) is 12.6. The number of anilines is 1. The van der Waals surface area contributed by atoms with Crippen LogP contribution in [-0.4, -0.2) is 45.1 Å². The van der Waals surface area contributed by atoms with E-state index < -0.39 is 48.3 Å². The number of azide groups is 1. The predicted octanol–water partition coefficient (Wildman–Crippen LogP) is -0.116. The summed E-state index contributed by atoms with van der Waals surface area (Å²) in [5.74, 6) is -1.55. The van der Waals surface area contributed by atoms with Gasteiger partial charge in [0.1, 0.15) is 24.7 Å². The number of carbonyl (C=O) groups is 1. The average molecular weight is 381 g/mol. The van der Waals surface area contributed by atoms with Crippen LogP contribution in [0, 0.1) is 11.8 Å². The number of aliphatic hydroxyl groups is 1. The number of nitrogens with two attached hydrogens (primary N) is 2. The Morgan fingerprint density at radius 3 is 2.85 bits per heavy atom. The van der Waals surface area contributed by atoms with E-state index in [4.69, 9.17) is 26.5 Å². The molecule has 1 fully saturated rings. The number of aromatic nitrogens is 2. The lowest BCUT2D eigenvalue weighted by molar-refractivity contribution is -0.167. The third kappa shape index (κ3) is 4.03. The molecule has 1 saturated heterocycles. The minimum absolute atomic E-state index is 0.0281. The first kappa shape index (κ1) is 20.6. The summed E-state index contributed by atoms with van der Waals surface area (Å²) in [5, 5.41) is 14.1. The minimum atomic E-state index is -1.91. The number of hydrogen-bond acceptors (Lipinski definition) is 9. The van der Waals surface area contributed by atoms with Gasteiger partial charge in [-0.05, 0) is 17.5 Å². The molecule has 12 heteroatoms. The van der Waals surface area contributed by atoms with Crippen molar-refractivity contribution in [2.24, 2.45) is 22.7 Å². The highest BCUT2D eigenvalue weighted by Gasteiger charge is 2.54. The van der Waals surface area contributed by atoms with Crippen LogP contribution < -0.4 is 17.2 Å². The molecule has 2 rings (SSSR count). The molecule has 1 aliphatic heterocycles. The molecule has 5 N–H and O–H groups in total. The fraction of sp³-hybridized carbons (Fsp3) is 0.667. The summed E-state index contributed by atoms with van der Waals surface area (Å²) in [7, 11) is 0. The maximum Gasteiger partial charge on any atom is 0.351 e. The predicted molar refractivity (Wildman–Crippen MR) is 93.9 cm³/mol.